The predicted octanol–water partition coefficient (Wildman–Crippen LogP) is 1.66. The Labute approximate surface area is 174 Å². The topological polar surface area (TPSA) is 109 Å². The van der Waals surface area contributed by atoms with Gasteiger partial charge in [-0.2, -0.15) is 0 Å². The minimum absolute atomic E-state index is 0. The lowest BCUT2D eigenvalue weighted by Crippen LogP contribution is -2.52. The Kier molecular flexibility index (Phi) is 6.43. The normalized spacial score (nSPS) is 21.6. The molecule has 1 saturated heterocycles. The van der Waals surface area contributed by atoms with E-state index in [9.17, 15) is 14.4 Å². The summed E-state index contributed by atoms with van der Waals surface area (Å²) in [5.41, 5.74) is 0.400. The molecule has 2 aromatic heterocycles. The molecule has 2 unspecified atom stereocenters. The maximum absolute atomic E-state index is 13.2. The largest absolute Gasteiger partial charge is 0.348 e. The average molecular weight is 422 g/mol. The van der Waals surface area contributed by atoms with Gasteiger partial charge < -0.3 is 10.6 Å². The Hall–Kier alpha value is -2.19. The third kappa shape index (κ3) is 4.23. The van der Waals surface area contributed by atoms with Crippen LogP contribution in [0.2, 0.25) is 0 Å². The molecule has 2 fully saturated rings. The van der Waals surface area contributed by atoms with Gasteiger partial charge in [0.25, 0.3) is 11.5 Å². The highest BCUT2D eigenvalue weighted by Gasteiger charge is 2.30. The van der Waals surface area contributed by atoms with E-state index in [0.29, 0.717) is 23.7 Å². The van der Waals surface area contributed by atoms with Crippen molar-refractivity contribution in [2.24, 2.45) is 0 Å². The minimum Gasteiger partial charge on any atom is -0.348 e. The Balaban J connectivity index is 0.00000240. The first-order chi connectivity index (χ1) is 13.5. The van der Waals surface area contributed by atoms with Crippen LogP contribution in [-0.4, -0.2) is 39.1 Å². The van der Waals surface area contributed by atoms with E-state index in [2.05, 4.69) is 27.5 Å². The molecule has 0 spiro atoms. The number of amides is 1. The van der Waals surface area contributed by atoms with Crippen LogP contribution >= 0.6 is 12.4 Å². The van der Waals surface area contributed by atoms with Crippen molar-refractivity contribution in [2.75, 3.05) is 6.54 Å². The molecule has 1 amide bonds. The third-order valence-electron chi connectivity index (χ3n) is 5.73. The third-order valence-corrected chi connectivity index (χ3v) is 5.73. The molecular formula is C20H28ClN5O3. The number of aryl methyl sites for hydroxylation is 1. The average Bonchev–Trinajstić information content (AvgIpc) is 3.51. The second kappa shape index (κ2) is 8.67. The first kappa shape index (κ1) is 21.5. The molecule has 29 heavy (non-hydrogen) atoms. The van der Waals surface area contributed by atoms with Gasteiger partial charge in [0.1, 0.15) is 0 Å². The molecule has 3 heterocycles. The van der Waals surface area contributed by atoms with E-state index in [1.165, 1.54) is 4.57 Å². The molecule has 0 radical (unpaired) electrons. The van der Waals surface area contributed by atoms with Gasteiger partial charge >= 0.3 is 5.69 Å². The predicted molar refractivity (Wildman–Crippen MR) is 114 cm³/mol. The second-order valence-electron chi connectivity index (χ2n) is 7.94. The number of carbonyl (C=O) groups excluding carboxylic acids is 1. The molecule has 0 aromatic carbocycles. The summed E-state index contributed by atoms with van der Waals surface area (Å²) in [5.74, 6) is 0.0257. The maximum atomic E-state index is 13.2. The lowest BCUT2D eigenvalue weighted by molar-refractivity contribution is 0.0921. The van der Waals surface area contributed by atoms with E-state index in [4.69, 9.17) is 0 Å². The fraction of sp³-hybridized carbons (Fsp3) is 0.600. The van der Waals surface area contributed by atoms with Crippen molar-refractivity contribution in [2.45, 2.75) is 70.5 Å². The highest BCUT2D eigenvalue weighted by Crippen LogP contribution is 2.39. The summed E-state index contributed by atoms with van der Waals surface area (Å²) in [5, 5.41) is 6.66. The van der Waals surface area contributed by atoms with E-state index < -0.39 is 11.2 Å². The van der Waals surface area contributed by atoms with Crippen LogP contribution in [0.3, 0.4) is 0 Å². The molecule has 4 rings (SSSR count). The molecule has 2 aliphatic rings. The zero-order chi connectivity index (χ0) is 19.8. The summed E-state index contributed by atoms with van der Waals surface area (Å²) >= 11 is 0. The van der Waals surface area contributed by atoms with Gasteiger partial charge in [-0.15, -0.1) is 12.4 Å². The summed E-state index contributed by atoms with van der Waals surface area (Å²) in [4.78, 5) is 45.1. The number of H-pyrrole nitrogens is 1. The number of aromatic amines is 1. The lowest BCUT2D eigenvalue weighted by Gasteiger charge is -2.30. The molecule has 1 aliphatic carbocycles. The molecule has 1 aliphatic heterocycles. The number of hydrogen-bond acceptors (Lipinski definition) is 5. The minimum atomic E-state index is -0.554. The summed E-state index contributed by atoms with van der Waals surface area (Å²) in [6.07, 6.45) is 4.66. The van der Waals surface area contributed by atoms with Crippen molar-refractivity contribution in [1.29, 1.82) is 0 Å². The first-order valence-electron chi connectivity index (χ1n) is 10.2. The molecular weight excluding hydrogens is 394 g/mol. The van der Waals surface area contributed by atoms with E-state index in [0.717, 1.165) is 44.3 Å². The van der Waals surface area contributed by atoms with Crippen LogP contribution in [0.1, 0.15) is 67.9 Å². The highest BCUT2D eigenvalue weighted by molar-refractivity contribution is 6.05. The van der Waals surface area contributed by atoms with Crippen LogP contribution in [-0.2, 0) is 6.54 Å². The van der Waals surface area contributed by atoms with Crippen LogP contribution in [0.5, 0.6) is 0 Å². The SMILES string of the molecule is CCCn1c(=O)[nH]c(=O)c2c(C(=O)NC3CCCNC3C)cc(C3CC3)nc21.Cl. The number of nitrogens with one attached hydrogen (secondary N) is 3. The fourth-order valence-electron chi connectivity index (χ4n) is 3.98. The monoisotopic (exact) mass is 421 g/mol. The zero-order valence-corrected chi connectivity index (χ0v) is 17.6. The number of fused-ring (bicyclic) bond motifs is 1. The van der Waals surface area contributed by atoms with Crippen molar-refractivity contribution in [1.82, 2.24) is 25.2 Å². The van der Waals surface area contributed by atoms with Gasteiger partial charge in [-0.3, -0.25) is 19.1 Å². The van der Waals surface area contributed by atoms with Gasteiger partial charge in [0.05, 0.1) is 10.9 Å². The van der Waals surface area contributed by atoms with Crippen LogP contribution < -0.4 is 21.9 Å². The van der Waals surface area contributed by atoms with Crippen molar-refractivity contribution in [3.05, 3.63) is 38.2 Å². The fourth-order valence-corrected chi connectivity index (χ4v) is 3.98. The van der Waals surface area contributed by atoms with E-state index >= 15 is 0 Å². The number of halogens is 1. The number of nitrogens with zero attached hydrogens (tertiary/aromatic N) is 2. The zero-order valence-electron chi connectivity index (χ0n) is 16.8. The van der Waals surface area contributed by atoms with Crippen LogP contribution in [0.15, 0.2) is 15.7 Å². The summed E-state index contributed by atoms with van der Waals surface area (Å²) < 4.78 is 1.48. The van der Waals surface area contributed by atoms with E-state index in [1.807, 2.05) is 6.92 Å². The van der Waals surface area contributed by atoms with Crippen LogP contribution in [0, 0.1) is 0 Å². The Morgan fingerprint density at radius 1 is 1.31 bits per heavy atom. The Morgan fingerprint density at radius 3 is 2.72 bits per heavy atom. The number of pyridine rings is 1. The highest BCUT2D eigenvalue weighted by atomic mass is 35.5. The van der Waals surface area contributed by atoms with Gasteiger partial charge in [-0.05, 0) is 51.6 Å². The lowest BCUT2D eigenvalue weighted by atomic mass is 9.99. The Bertz CT molecular complexity index is 1030. The maximum Gasteiger partial charge on any atom is 0.329 e. The summed E-state index contributed by atoms with van der Waals surface area (Å²) in [7, 11) is 0. The van der Waals surface area contributed by atoms with Gasteiger partial charge in [-0.1, -0.05) is 6.92 Å². The van der Waals surface area contributed by atoms with Crippen LogP contribution in [0.25, 0.3) is 11.0 Å². The number of aromatic nitrogens is 3. The molecule has 2 atom stereocenters. The van der Waals surface area contributed by atoms with Crippen molar-refractivity contribution in [3.8, 4) is 0 Å². The van der Waals surface area contributed by atoms with Crippen molar-refractivity contribution < 1.29 is 4.79 Å². The van der Waals surface area contributed by atoms with Crippen molar-refractivity contribution >= 4 is 29.3 Å². The standard InChI is InChI=1S/C20H27N5O3.ClH/c1-3-9-25-17-16(19(27)24-20(25)28)13(10-15(22-17)12-6-7-12)18(26)23-14-5-4-8-21-11(14)2;/h10-12,14,21H,3-9H2,1-2H3,(H,23,26)(H,24,27,28);1H. The summed E-state index contributed by atoms with van der Waals surface area (Å²) in [6.45, 7) is 5.40. The number of carbonyl (C=O) groups is 1. The molecule has 1 saturated carbocycles. The second-order valence-corrected chi connectivity index (χ2v) is 7.94. The summed E-state index contributed by atoms with van der Waals surface area (Å²) in [6, 6.07) is 1.92. The number of hydrogen-bond donors (Lipinski definition) is 3. The van der Waals surface area contributed by atoms with E-state index in [-0.39, 0.29) is 35.8 Å². The van der Waals surface area contributed by atoms with Gasteiger partial charge in [0.15, 0.2) is 5.65 Å². The molecule has 3 N–H and O–H groups in total. The molecule has 9 heteroatoms. The molecule has 2 aromatic rings. The molecule has 158 valence electrons. The first-order valence-corrected chi connectivity index (χ1v) is 10.2. The van der Waals surface area contributed by atoms with E-state index in [1.54, 1.807) is 6.07 Å². The van der Waals surface area contributed by atoms with Crippen LogP contribution in [0.4, 0.5) is 0 Å². The number of rotatable bonds is 5. The molecule has 0 bridgehead atoms. The van der Waals surface area contributed by atoms with Crippen molar-refractivity contribution in [3.63, 3.8) is 0 Å². The number of piperidine rings is 1. The van der Waals surface area contributed by atoms with Gasteiger partial charge in [0, 0.05) is 30.2 Å². The van der Waals surface area contributed by atoms with Gasteiger partial charge in [0.2, 0.25) is 0 Å². The Morgan fingerprint density at radius 2 is 2.07 bits per heavy atom. The smallest absolute Gasteiger partial charge is 0.329 e. The molecule has 8 nitrogen and oxygen atoms in total. The quantitative estimate of drug-likeness (QED) is 0.680. The van der Waals surface area contributed by atoms with Gasteiger partial charge in [-0.25, -0.2) is 9.78 Å².